The second-order valence-corrected chi connectivity index (χ2v) is 5.65. The third-order valence-corrected chi connectivity index (χ3v) is 3.93. The van der Waals surface area contributed by atoms with Crippen molar-refractivity contribution in [3.8, 4) is 5.75 Å². The first kappa shape index (κ1) is 14.0. The van der Waals surface area contributed by atoms with Gasteiger partial charge in [0.2, 0.25) is 0 Å². The van der Waals surface area contributed by atoms with Gasteiger partial charge in [-0.05, 0) is 31.5 Å². The summed E-state index contributed by atoms with van der Waals surface area (Å²) in [5.41, 5.74) is 0.887. The van der Waals surface area contributed by atoms with Gasteiger partial charge in [0.05, 0.1) is 13.2 Å². The average molecular weight is 280 g/mol. The predicted octanol–water partition coefficient (Wildman–Crippen LogP) is 3.45. The highest BCUT2D eigenvalue weighted by Gasteiger charge is 2.09. The van der Waals surface area contributed by atoms with Crippen molar-refractivity contribution in [1.29, 1.82) is 0 Å². The second kappa shape index (κ2) is 6.12. The Morgan fingerprint density at radius 3 is 2.84 bits per heavy atom. The van der Waals surface area contributed by atoms with E-state index in [1.807, 2.05) is 19.2 Å². The monoisotopic (exact) mass is 280 g/mol. The number of hydrogen-bond donors (Lipinski definition) is 1. The van der Waals surface area contributed by atoms with Crippen LogP contribution in [0.5, 0.6) is 5.75 Å². The van der Waals surface area contributed by atoms with Gasteiger partial charge < -0.3 is 10.1 Å². The molecular weight excluding hydrogens is 263 g/mol. The zero-order chi connectivity index (χ0) is 13.8. The Bertz CT molecular complexity index is 556. The van der Waals surface area contributed by atoms with E-state index in [0.717, 1.165) is 10.6 Å². The molecule has 0 fully saturated rings. The molecule has 5 heteroatoms. The summed E-state index contributed by atoms with van der Waals surface area (Å²) in [6, 6.07) is 5.15. The summed E-state index contributed by atoms with van der Waals surface area (Å²) in [5, 5.41) is 4.38. The van der Waals surface area contributed by atoms with Crippen molar-refractivity contribution in [2.24, 2.45) is 0 Å². The number of aryl methyl sites for hydroxylation is 1. The smallest absolute Gasteiger partial charge is 0.165 e. The third kappa shape index (κ3) is 3.52. The van der Waals surface area contributed by atoms with Gasteiger partial charge in [0.1, 0.15) is 5.01 Å². The fourth-order valence-corrected chi connectivity index (χ4v) is 2.55. The Hall–Kier alpha value is -1.46. The van der Waals surface area contributed by atoms with E-state index in [0.29, 0.717) is 6.54 Å². The number of halogens is 1. The standard InChI is InChI=1S/C14H17FN2OS/c1-9-7-17-14(19-9)10(2)16-8-11-4-5-13(18-3)12(15)6-11/h4-7,10,16H,8H2,1-3H3. The lowest BCUT2D eigenvalue weighted by atomic mass is 10.2. The molecule has 3 nitrogen and oxygen atoms in total. The minimum atomic E-state index is -0.334. The molecule has 0 saturated carbocycles. The zero-order valence-corrected chi connectivity index (χ0v) is 12.1. The summed E-state index contributed by atoms with van der Waals surface area (Å²) in [6.45, 7) is 4.69. The van der Waals surface area contributed by atoms with Crippen molar-refractivity contribution in [3.63, 3.8) is 0 Å². The molecule has 1 atom stereocenters. The van der Waals surface area contributed by atoms with Crippen LogP contribution in [0.2, 0.25) is 0 Å². The first-order valence-corrected chi connectivity index (χ1v) is 6.90. The molecule has 1 aromatic heterocycles. The van der Waals surface area contributed by atoms with E-state index in [9.17, 15) is 4.39 Å². The minimum Gasteiger partial charge on any atom is -0.494 e. The molecule has 1 aromatic carbocycles. The Balaban J connectivity index is 1.97. The van der Waals surface area contributed by atoms with E-state index >= 15 is 0 Å². The molecule has 1 heterocycles. The summed E-state index contributed by atoms with van der Waals surface area (Å²) in [6.07, 6.45) is 1.87. The van der Waals surface area contributed by atoms with Crippen LogP contribution in [0.4, 0.5) is 4.39 Å². The number of rotatable bonds is 5. The first-order chi connectivity index (χ1) is 9.10. The number of nitrogens with one attached hydrogen (secondary N) is 1. The minimum absolute atomic E-state index is 0.156. The van der Waals surface area contributed by atoms with E-state index in [1.54, 1.807) is 17.4 Å². The Morgan fingerprint density at radius 1 is 1.47 bits per heavy atom. The van der Waals surface area contributed by atoms with E-state index in [1.165, 1.54) is 18.1 Å². The summed E-state index contributed by atoms with van der Waals surface area (Å²) in [7, 11) is 1.46. The normalized spacial score (nSPS) is 12.4. The van der Waals surface area contributed by atoms with Gasteiger partial charge in [-0.15, -0.1) is 11.3 Å². The van der Waals surface area contributed by atoms with Crippen LogP contribution in [0.1, 0.15) is 28.4 Å². The number of hydrogen-bond acceptors (Lipinski definition) is 4. The molecule has 0 radical (unpaired) electrons. The molecule has 0 spiro atoms. The van der Waals surface area contributed by atoms with E-state index in [2.05, 4.69) is 17.2 Å². The lowest BCUT2D eigenvalue weighted by Crippen LogP contribution is -2.17. The Morgan fingerprint density at radius 2 is 2.26 bits per heavy atom. The molecule has 0 saturated heterocycles. The number of aromatic nitrogens is 1. The third-order valence-electron chi connectivity index (χ3n) is 2.84. The molecule has 102 valence electrons. The molecule has 1 unspecified atom stereocenters. The van der Waals surface area contributed by atoms with Crippen LogP contribution in [-0.4, -0.2) is 12.1 Å². The van der Waals surface area contributed by atoms with Crippen LogP contribution in [0.25, 0.3) is 0 Å². The zero-order valence-electron chi connectivity index (χ0n) is 11.2. The second-order valence-electron chi connectivity index (χ2n) is 4.38. The van der Waals surface area contributed by atoms with Crippen molar-refractivity contribution in [3.05, 3.63) is 45.7 Å². The number of thiazole rings is 1. The number of benzene rings is 1. The fraction of sp³-hybridized carbons (Fsp3) is 0.357. The van der Waals surface area contributed by atoms with Crippen LogP contribution >= 0.6 is 11.3 Å². The number of methoxy groups -OCH3 is 1. The summed E-state index contributed by atoms with van der Waals surface area (Å²) in [4.78, 5) is 5.53. The maximum Gasteiger partial charge on any atom is 0.165 e. The molecule has 0 aliphatic heterocycles. The van der Waals surface area contributed by atoms with E-state index < -0.39 is 0 Å². The Labute approximate surface area is 116 Å². The quantitative estimate of drug-likeness (QED) is 0.911. The van der Waals surface area contributed by atoms with Crippen molar-refractivity contribution >= 4 is 11.3 Å². The molecule has 0 aliphatic rings. The first-order valence-electron chi connectivity index (χ1n) is 6.08. The highest BCUT2D eigenvalue weighted by Crippen LogP contribution is 2.21. The molecule has 0 bridgehead atoms. The topological polar surface area (TPSA) is 34.1 Å². The summed E-state index contributed by atoms with van der Waals surface area (Å²) in [5.74, 6) is -0.0631. The van der Waals surface area contributed by atoms with Gasteiger partial charge in [-0.1, -0.05) is 6.07 Å². The van der Waals surface area contributed by atoms with Crippen molar-refractivity contribution in [2.75, 3.05) is 7.11 Å². The Kier molecular flexibility index (Phi) is 4.50. The number of nitrogens with zero attached hydrogens (tertiary/aromatic N) is 1. The largest absolute Gasteiger partial charge is 0.494 e. The highest BCUT2D eigenvalue weighted by molar-refractivity contribution is 7.11. The van der Waals surface area contributed by atoms with Crippen LogP contribution in [0.3, 0.4) is 0 Å². The van der Waals surface area contributed by atoms with Gasteiger partial charge in [0.25, 0.3) is 0 Å². The molecule has 2 aromatic rings. The maximum atomic E-state index is 13.5. The van der Waals surface area contributed by atoms with Crippen molar-refractivity contribution < 1.29 is 9.13 Å². The number of ether oxygens (including phenoxy) is 1. The van der Waals surface area contributed by atoms with Crippen molar-refractivity contribution in [2.45, 2.75) is 26.4 Å². The van der Waals surface area contributed by atoms with Crippen molar-refractivity contribution in [1.82, 2.24) is 10.3 Å². The van der Waals surface area contributed by atoms with Gasteiger partial charge in [-0.2, -0.15) is 0 Å². The fourth-order valence-electron chi connectivity index (χ4n) is 1.75. The van der Waals surface area contributed by atoms with Crippen LogP contribution in [-0.2, 0) is 6.54 Å². The lowest BCUT2D eigenvalue weighted by molar-refractivity contribution is 0.386. The van der Waals surface area contributed by atoms with E-state index in [-0.39, 0.29) is 17.6 Å². The summed E-state index contributed by atoms with van der Waals surface area (Å²) < 4.78 is 18.4. The predicted molar refractivity (Wildman–Crippen MR) is 75.1 cm³/mol. The maximum absolute atomic E-state index is 13.5. The van der Waals surface area contributed by atoms with Crippen LogP contribution in [0.15, 0.2) is 24.4 Å². The highest BCUT2D eigenvalue weighted by atomic mass is 32.1. The molecule has 2 rings (SSSR count). The molecule has 19 heavy (non-hydrogen) atoms. The van der Waals surface area contributed by atoms with Gasteiger partial charge in [-0.3, -0.25) is 0 Å². The van der Waals surface area contributed by atoms with Gasteiger partial charge in [0, 0.05) is 17.6 Å². The van der Waals surface area contributed by atoms with E-state index in [4.69, 9.17) is 4.74 Å². The van der Waals surface area contributed by atoms with Gasteiger partial charge >= 0.3 is 0 Å². The van der Waals surface area contributed by atoms with Crippen LogP contribution in [0, 0.1) is 12.7 Å². The lowest BCUT2D eigenvalue weighted by Gasteiger charge is -2.11. The van der Waals surface area contributed by atoms with Crippen LogP contribution < -0.4 is 10.1 Å². The molecule has 1 N–H and O–H groups in total. The average Bonchev–Trinajstić information content (AvgIpc) is 2.83. The van der Waals surface area contributed by atoms with Gasteiger partial charge in [0.15, 0.2) is 11.6 Å². The molecular formula is C14H17FN2OS. The molecule has 0 aliphatic carbocycles. The SMILES string of the molecule is COc1ccc(CNC(C)c2ncc(C)s2)cc1F. The summed E-state index contributed by atoms with van der Waals surface area (Å²) >= 11 is 1.67. The molecule has 0 amide bonds. The van der Waals surface area contributed by atoms with Gasteiger partial charge in [-0.25, -0.2) is 9.37 Å².